The first-order valence-electron chi connectivity index (χ1n) is 7.33. The number of aromatic nitrogens is 2. The zero-order chi connectivity index (χ0) is 14.2. The summed E-state index contributed by atoms with van der Waals surface area (Å²) in [6.07, 6.45) is 3.74. The largest absolute Gasteiger partial charge is 0.355 e. The van der Waals surface area contributed by atoms with Crippen LogP contribution in [0.3, 0.4) is 0 Å². The zero-order valence-electron chi connectivity index (χ0n) is 11.7. The lowest BCUT2D eigenvalue weighted by Gasteiger charge is -2.18. The number of nitrogens with one attached hydrogen (secondary N) is 1. The third-order valence-corrected chi connectivity index (χ3v) is 4.74. The van der Waals surface area contributed by atoms with Crippen molar-refractivity contribution in [3.05, 3.63) is 41.7 Å². The minimum absolute atomic E-state index is 0.737. The molecular formula is C16H17ClN4. The van der Waals surface area contributed by atoms with E-state index in [1.54, 1.807) is 0 Å². The average molecular weight is 301 g/mol. The van der Waals surface area contributed by atoms with Gasteiger partial charge in [-0.3, -0.25) is 4.98 Å². The minimum atomic E-state index is 0.737. The summed E-state index contributed by atoms with van der Waals surface area (Å²) in [5.74, 6) is 2.52. The molecule has 1 aromatic carbocycles. The lowest BCUT2D eigenvalue weighted by atomic mass is 10.0. The summed E-state index contributed by atoms with van der Waals surface area (Å²) in [6.45, 7) is 4.45. The highest BCUT2D eigenvalue weighted by Gasteiger charge is 2.36. The number of nitrogens with zero attached hydrogens (tertiary/aromatic N) is 3. The van der Waals surface area contributed by atoms with Crippen molar-refractivity contribution < 1.29 is 0 Å². The fraction of sp³-hybridized carbons (Fsp3) is 0.375. The highest BCUT2D eigenvalue weighted by atomic mass is 35.5. The van der Waals surface area contributed by atoms with Gasteiger partial charge in [-0.15, -0.1) is 0 Å². The van der Waals surface area contributed by atoms with Crippen LogP contribution >= 0.6 is 11.6 Å². The molecule has 2 aliphatic rings. The van der Waals surface area contributed by atoms with E-state index in [9.17, 15) is 0 Å². The predicted molar refractivity (Wildman–Crippen MR) is 84.5 cm³/mol. The molecule has 5 heteroatoms. The Labute approximate surface area is 129 Å². The van der Waals surface area contributed by atoms with Crippen LogP contribution < -0.4 is 10.2 Å². The fourth-order valence-corrected chi connectivity index (χ4v) is 3.42. The number of benzene rings is 1. The molecule has 4 nitrogen and oxygen atoms in total. The van der Waals surface area contributed by atoms with E-state index in [1.807, 2.05) is 36.7 Å². The van der Waals surface area contributed by atoms with Crippen molar-refractivity contribution in [2.75, 3.05) is 31.1 Å². The van der Waals surface area contributed by atoms with Crippen molar-refractivity contribution in [2.45, 2.75) is 0 Å². The van der Waals surface area contributed by atoms with Crippen molar-refractivity contribution in [3.63, 3.8) is 0 Å². The van der Waals surface area contributed by atoms with Gasteiger partial charge >= 0.3 is 0 Å². The van der Waals surface area contributed by atoms with Gasteiger partial charge in [0.15, 0.2) is 0 Å². The molecule has 108 valence electrons. The van der Waals surface area contributed by atoms with E-state index in [1.165, 1.54) is 0 Å². The summed E-state index contributed by atoms with van der Waals surface area (Å²) >= 11 is 5.91. The van der Waals surface area contributed by atoms with Gasteiger partial charge in [-0.2, -0.15) is 0 Å². The van der Waals surface area contributed by atoms with E-state index in [-0.39, 0.29) is 0 Å². The zero-order valence-corrected chi connectivity index (χ0v) is 12.4. The number of fused-ring (bicyclic) bond motifs is 1. The maximum Gasteiger partial charge on any atom is 0.147 e. The molecule has 2 atom stereocenters. The first kappa shape index (κ1) is 13.0. The number of hydrogen-bond acceptors (Lipinski definition) is 4. The smallest absolute Gasteiger partial charge is 0.147 e. The minimum Gasteiger partial charge on any atom is -0.355 e. The van der Waals surface area contributed by atoms with Gasteiger partial charge in [-0.05, 0) is 24.0 Å². The van der Waals surface area contributed by atoms with Gasteiger partial charge in [0.05, 0.1) is 18.1 Å². The lowest BCUT2D eigenvalue weighted by Crippen LogP contribution is -2.26. The van der Waals surface area contributed by atoms with Crippen molar-refractivity contribution in [1.29, 1.82) is 0 Å². The van der Waals surface area contributed by atoms with Crippen LogP contribution in [0.5, 0.6) is 0 Å². The van der Waals surface area contributed by atoms with Gasteiger partial charge in [0.1, 0.15) is 5.82 Å². The maximum atomic E-state index is 5.91. The molecule has 3 heterocycles. The molecule has 0 radical (unpaired) electrons. The number of anilines is 1. The Morgan fingerprint density at radius 2 is 1.71 bits per heavy atom. The maximum absolute atomic E-state index is 5.91. The van der Waals surface area contributed by atoms with Crippen LogP contribution in [-0.2, 0) is 0 Å². The number of hydrogen-bond donors (Lipinski definition) is 1. The molecule has 21 heavy (non-hydrogen) atoms. The van der Waals surface area contributed by atoms with Crippen molar-refractivity contribution in [1.82, 2.24) is 15.3 Å². The molecule has 1 aromatic heterocycles. The van der Waals surface area contributed by atoms with E-state index in [4.69, 9.17) is 11.6 Å². The Morgan fingerprint density at radius 3 is 2.33 bits per heavy atom. The fourth-order valence-electron chi connectivity index (χ4n) is 3.30. The van der Waals surface area contributed by atoms with Crippen LogP contribution in [0.25, 0.3) is 11.3 Å². The Balaban J connectivity index is 1.52. The van der Waals surface area contributed by atoms with Gasteiger partial charge < -0.3 is 10.2 Å². The van der Waals surface area contributed by atoms with Crippen molar-refractivity contribution >= 4 is 17.4 Å². The molecule has 4 rings (SSSR count). The molecule has 2 unspecified atom stereocenters. The summed E-state index contributed by atoms with van der Waals surface area (Å²) in [7, 11) is 0. The first-order valence-corrected chi connectivity index (χ1v) is 7.71. The van der Waals surface area contributed by atoms with Gasteiger partial charge in [-0.1, -0.05) is 23.7 Å². The standard InChI is InChI=1S/C16H17ClN4/c17-14-3-1-11(2-4-14)15-7-20-16(8-19-15)21-9-12-5-18-6-13(12)10-21/h1-4,7-8,12-13,18H,5-6,9-10H2. The summed E-state index contributed by atoms with van der Waals surface area (Å²) in [6, 6.07) is 7.69. The molecule has 2 saturated heterocycles. The summed E-state index contributed by atoms with van der Waals surface area (Å²) in [4.78, 5) is 11.5. The first-order chi connectivity index (χ1) is 10.3. The normalized spacial score (nSPS) is 24.3. The highest BCUT2D eigenvalue weighted by Crippen LogP contribution is 2.29. The number of halogens is 1. The van der Waals surface area contributed by atoms with E-state index in [0.29, 0.717) is 0 Å². The van der Waals surface area contributed by atoms with Crippen LogP contribution in [0.4, 0.5) is 5.82 Å². The molecule has 2 aromatic rings. The molecule has 0 spiro atoms. The van der Waals surface area contributed by atoms with Crippen LogP contribution in [-0.4, -0.2) is 36.1 Å². The van der Waals surface area contributed by atoms with Crippen LogP contribution in [0.2, 0.25) is 5.02 Å². The van der Waals surface area contributed by atoms with Crippen LogP contribution in [0.1, 0.15) is 0 Å². The summed E-state index contributed by atoms with van der Waals surface area (Å²) < 4.78 is 0. The molecular weight excluding hydrogens is 284 g/mol. The second kappa shape index (κ2) is 5.28. The topological polar surface area (TPSA) is 41.1 Å². The third-order valence-electron chi connectivity index (χ3n) is 4.49. The second-order valence-electron chi connectivity index (χ2n) is 5.85. The highest BCUT2D eigenvalue weighted by molar-refractivity contribution is 6.30. The van der Waals surface area contributed by atoms with E-state index < -0.39 is 0 Å². The third kappa shape index (κ3) is 2.49. The Kier molecular flexibility index (Phi) is 3.28. The van der Waals surface area contributed by atoms with Gasteiger partial charge in [0.2, 0.25) is 0 Å². The van der Waals surface area contributed by atoms with Gasteiger partial charge in [-0.25, -0.2) is 4.98 Å². The van der Waals surface area contributed by atoms with E-state index >= 15 is 0 Å². The molecule has 1 N–H and O–H groups in total. The predicted octanol–water partition coefficient (Wildman–Crippen LogP) is 2.45. The quantitative estimate of drug-likeness (QED) is 0.925. The monoisotopic (exact) mass is 300 g/mol. The molecule has 2 fully saturated rings. The Morgan fingerprint density at radius 1 is 1.00 bits per heavy atom. The molecule has 2 aliphatic heterocycles. The SMILES string of the molecule is Clc1ccc(-c2cnc(N3CC4CNCC4C3)cn2)cc1. The second-order valence-corrected chi connectivity index (χ2v) is 6.29. The van der Waals surface area contributed by atoms with Gasteiger partial charge in [0.25, 0.3) is 0 Å². The van der Waals surface area contributed by atoms with Crippen molar-refractivity contribution in [3.8, 4) is 11.3 Å². The Bertz CT molecular complexity index is 614. The molecule has 0 aliphatic carbocycles. The summed E-state index contributed by atoms with van der Waals surface area (Å²) in [5.41, 5.74) is 1.93. The van der Waals surface area contributed by atoms with Crippen LogP contribution in [0.15, 0.2) is 36.7 Å². The molecule has 0 saturated carbocycles. The van der Waals surface area contributed by atoms with E-state index in [2.05, 4.69) is 20.2 Å². The average Bonchev–Trinajstić information content (AvgIpc) is 3.10. The summed E-state index contributed by atoms with van der Waals surface area (Å²) in [5, 5.41) is 4.19. The Hall–Kier alpha value is -1.65. The van der Waals surface area contributed by atoms with E-state index in [0.717, 1.165) is 60.1 Å². The molecule has 0 amide bonds. The lowest BCUT2D eigenvalue weighted by molar-refractivity contribution is 0.533. The van der Waals surface area contributed by atoms with Crippen LogP contribution in [0, 0.1) is 11.8 Å². The number of rotatable bonds is 2. The molecule has 0 bridgehead atoms. The van der Waals surface area contributed by atoms with Crippen molar-refractivity contribution in [2.24, 2.45) is 11.8 Å². The van der Waals surface area contributed by atoms with Gasteiger partial charge in [0, 0.05) is 36.8 Å².